The summed E-state index contributed by atoms with van der Waals surface area (Å²) in [5.41, 5.74) is 5.91. The van der Waals surface area contributed by atoms with E-state index in [0.29, 0.717) is 10.2 Å². The van der Waals surface area contributed by atoms with Gasteiger partial charge >= 0.3 is 0 Å². The molecule has 5 nitrogen and oxygen atoms in total. The molecule has 0 atom stereocenters. The largest absolute Gasteiger partial charge is 0.336 e. The highest BCUT2D eigenvalue weighted by Crippen LogP contribution is 2.34. The number of anilines is 1. The van der Waals surface area contributed by atoms with Gasteiger partial charge in [-0.1, -0.05) is 71.4 Å². The van der Waals surface area contributed by atoms with E-state index < -0.39 is 10.0 Å². The highest BCUT2D eigenvalue weighted by molar-refractivity contribution is 9.10. The van der Waals surface area contributed by atoms with Crippen LogP contribution in [-0.4, -0.2) is 13.6 Å². The fourth-order valence-corrected chi connectivity index (χ4v) is 4.55. The third kappa shape index (κ3) is 4.04. The number of benzene rings is 3. The van der Waals surface area contributed by atoms with E-state index in [0.717, 1.165) is 27.8 Å². The van der Waals surface area contributed by atoms with Gasteiger partial charge < -0.3 is 4.52 Å². The highest BCUT2D eigenvalue weighted by Gasteiger charge is 2.20. The van der Waals surface area contributed by atoms with Crippen molar-refractivity contribution in [1.82, 2.24) is 5.16 Å². The van der Waals surface area contributed by atoms with Crippen molar-refractivity contribution in [2.24, 2.45) is 0 Å². The smallest absolute Gasteiger partial charge is 0.264 e. The third-order valence-corrected chi connectivity index (χ3v) is 7.03. The van der Waals surface area contributed by atoms with Gasteiger partial charge in [0.15, 0.2) is 0 Å². The molecule has 152 valence electrons. The number of sulfonamides is 1. The molecule has 0 amide bonds. The van der Waals surface area contributed by atoms with Crippen LogP contribution in [-0.2, 0) is 10.0 Å². The maximum absolute atomic E-state index is 12.7. The minimum atomic E-state index is -3.80. The summed E-state index contributed by atoms with van der Waals surface area (Å²) in [4.78, 5) is 0.139. The molecule has 1 N–H and O–H groups in total. The van der Waals surface area contributed by atoms with Crippen LogP contribution in [0.3, 0.4) is 0 Å². The topological polar surface area (TPSA) is 72.2 Å². The number of nitrogens with zero attached hydrogens (tertiary/aromatic N) is 1. The Morgan fingerprint density at radius 1 is 0.867 bits per heavy atom. The van der Waals surface area contributed by atoms with Crippen LogP contribution in [0, 0.1) is 13.8 Å². The first-order valence-corrected chi connectivity index (χ1v) is 11.5. The van der Waals surface area contributed by atoms with Gasteiger partial charge in [-0.25, -0.2) is 13.1 Å². The summed E-state index contributed by atoms with van der Waals surface area (Å²) in [6.07, 6.45) is 0. The maximum Gasteiger partial charge on any atom is 0.264 e. The van der Waals surface area contributed by atoms with E-state index in [1.165, 1.54) is 0 Å². The van der Waals surface area contributed by atoms with Gasteiger partial charge in [-0.15, -0.1) is 0 Å². The molecule has 0 aliphatic carbocycles. The van der Waals surface area contributed by atoms with E-state index in [2.05, 4.69) is 63.1 Å². The molecule has 1 aromatic heterocycles. The second-order valence-electron chi connectivity index (χ2n) is 6.96. The number of rotatable bonds is 5. The number of aromatic nitrogens is 1. The van der Waals surface area contributed by atoms with Gasteiger partial charge in [0.2, 0.25) is 0 Å². The van der Waals surface area contributed by atoms with Crippen LogP contribution >= 0.6 is 15.9 Å². The van der Waals surface area contributed by atoms with Crippen LogP contribution in [0.25, 0.3) is 22.3 Å². The van der Waals surface area contributed by atoms with Gasteiger partial charge in [-0.05, 0) is 64.2 Å². The standard InChI is InChI=1S/C23H19BrN2O3S/c1-15-8-13-20(21(14-15)17-6-4-3-5-7-17)18-9-11-19(12-10-18)30(27,28)26-23-22(24)16(2)25-29-23/h3-14,26H,1-2H3. The van der Waals surface area contributed by atoms with Gasteiger partial charge in [0, 0.05) is 0 Å². The lowest BCUT2D eigenvalue weighted by atomic mass is 9.93. The van der Waals surface area contributed by atoms with Crippen LogP contribution in [0.1, 0.15) is 11.3 Å². The zero-order valence-electron chi connectivity index (χ0n) is 16.4. The van der Waals surface area contributed by atoms with Crippen LogP contribution < -0.4 is 4.72 Å². The van der Waals surface area contributed by atoms with Crippen molar-refractivity contribution in [1.29, 1.82) is 0 Å². The first-order chi connectivity index (χ1) is 14.3. The molecule has 3 aromatic carbocycles. The normalized spacial score (nSPS) is 11.4. The monoisotopic (exact) mass is 482 g/mol. The average molecular weight is 483 g/mol. The molecule has 0 bridgehead atoms. The molecular formula is C23H19BrN2O3S. The van der Waals surface area contributed by atoms with E-state index in [1.807, 2.05) is 30.3 Å². The fourth-order valence-electron chi connectivity index (χ4n) is 3.18. The summed E-state index contributed by atoms with van der Waals surface area (Å²) in [5, 5.41) is 3.74. The molecule has 0 unspecified atom stereocenters. The molecule has 4 rings (SSSR count). The predicted octanol–water partition coefficient (Wildman–Crippen LogP) is 6.19. The van der Waals surface area contributed by atoms with Crippen molar-refractivity contribution in [3.63, 3.8) is 0 Å². The molecule has 1 heterocycles. The molecule has 0 saturated heterocycles. The molecule has 0 fully saturated rings. The molecule has 0 saturated carbocycles. The zero-order valence-corrected chi connectivity index (χ0v) is 18.8. The van der Waals surface area contributed by atoms with Crippen molar-refractivity contribution < 1.29 is 12.9 Å². The molecule has 4 aromatic rings. The Hall–Kier alpha value is -2.90. The first kappa shape index (κ1) is 20.4. The Morgan fingerprint density at radius 2 is 1.53 bits per heavy atom. The maximum atomic E-state index is 12.7. The number of hydrogen-bond acceptors (Lipinski definition) is 4. The Bertz CT molecular complexity index is 1300. The third-order valence-electron chi connectivity index (χ3n) is 4.75. The summed E-state index contributed by atoms with van der Waals surface area (Å²) in [7, 11) is -3.80. The molecule has 0 spiro atoms. The lowest BCUT2D eigenvalue weighted by molar-refractivity contribution is 0.430. The van der Waals surface area contributed by atoms with Crippen LogP contribution in [0.4, 0.5) is 5.88 Å². The molecule has 0 aliphatic rings. The molecule has 30 heavy (non-hydrogen) atoms. The second-order valence-corrected chi connectivity index (χ2v) is 9.43. The van der Waals surface area contributed by atoms with Crippen molar-refractivity contribution >= 4 is 31.8 Å². The van der Waals surface area contributed by atoms with Crippen molar-refractivity contribution in [3.05, 3.63) is 88.5 Å². The fraction of sp³-hybridized carbons (Fsp3) is 0.0870. The Morgan fingerprint density at radius 3 is 2.17 bits per heavy atom. The van der Waals surface area contributed by atoms with Crippen LogP contribution in [0.15, 0.2) is 86.7 Å². The number of nitrogens with one attached hydrogen (secondary N) is 1. The first-order valence-electron chi connectivity index (χ1n) is 9.26. The lowest BCUT2D eigenvalue weighted by Gasteiger charge is -2.12. The van der Waals surface area contributed by atoms with Crippen LogP contribution in [0.2, 0.25) is 0 Å². The minimum Gasteiger partial charge on any atom is -0.336 e. The van der Waals surface area contributed by atoms with E-state index in [-0.39, 0.29) is 10.8 Å². The summed E-state index contributed by atoms with van der Waals surface area (Å²) in [5.74, 6) is 0.0569. The van der Waals surface area contributed by atoms with Crippen LogP contribution in [0.5, 0.6) is 0 Å². The highest BCUT2D eigenvalue weighted by atomic mass is 79.9. The Balaban J connectivity index is 1.69. The molecule has 0 radical (unpaired) electrons. The quantitative estimate of drug-likeness (QED) is 0.368. The molecular weight excluding hydrogens is 464 g/mol. The van der Waals surface area contributed by atoms with Crippen molar-refractivity contribution in [2.45, 2.75) is 18.7 Å². The van der Waals surface area contributed by atoms with Crippen molar-refractivity contribution in [3.8, 4) is 22.3 Å². The number of hydrogen-bond donors (Lipinski definition) is 1. The summed E-state index contributed by atoms with van der Waals surface area (Å²) < 4.78 is 33.4. The van der Waals surface area contributed by atoms with Gasteiger partial charge in [-0.3, -0.25) is 0 Å². The Kier molecular flexibility index (Phi) is 5.49. The van der Waals surface area contributed by atoms with Gasteiger partial charge in [0.05, 0.1) is 10.6 Å². The van der Waals surface area contributed by atoms with E-state index in [4.69, 9.17) is 4.52 Å². The Labute approximate surface area is 183 Å². The summed E-state index contributed by atoms with van der Waals surface area (Å²) in [6.45, 7) is 3.77. The molecule has 0 aliphatic heterocycles. The summed E-state index contributed by atoms with van der Waals surface area (Å²) in [6, 6.07) is 23.2. The summed E-state index contributed by atoms with van der Waals surface area (Å²) >= 11 is 3.27. The SMILES string of the molecule is Cc1ccc(-c2ccc(S(=O)(=O)Nc3onc(C)c3Br)cc2)c(-c2ccccc2)c1. The lowest BCUT2D eigenvalue weighted by Crippen LogP contribution is -2.12. The number of halogens is 1. The second kappa shape index (κ2) is 8.08. The number of aryl methyl sites for hydroxylation is 2. The van der Waals surface area contributed by atoms with E-state index in [9.17, 15) is 8.42 Å². The molecule has 7 heteroatoms. The van der Waals surface area contributed by atoms with Gasteiger partial charge in [-0.2, -0.15) is 0 Å². The average Bonchev–Trinajstić information content (AvgIpc) is 3.06. The minimum absolute atomic E-state index is 0.0569. The van der Waals surface area contributed by atoms with E-state index >= 15 is 0 Å². The predicted molar refractivity (Wildman–Crippen MR) is 122 cm³/mol. The zero-order chi connectivity index (χ0) is 21.3. The van der Waals surface area contributed by atoms with Gasteiger partial charge in [0.1, 0.15) is 4.47 Å². The van der Waals surface area contributed by atoms with Crippen molar-refractivity contribution in [2.75, 3.05) is 4.72 Å². The van der Waals surface area contributed by atoms with E-state index in [1.54, 1.807) is 19.1 Å². The van der Waals surface area contributed by atoms with Gasteiger partial charge in [0.25, 0.3) is 15.9 Å².